The van der Waals surface area contributed by atoms with Gasteiger partial charge in [-0.05, 0) is 18.2 Å². The standard InChI is InChI=1S/C14H16ClNO4S/c1-20-9-2-3-11-10(8-9)12(15)13(21-11)14(19)16(4-6-17)5-7-18/h2-3,8,17-18H,4-7H2,1H3. The van der Waals surface area contributed by atoms with Crippen molar-refractivity contribution in [3.63, 3.8) is 0 Å². The average molecular weight is 330 g/mol. The van der Waals surface area contributed by atoms with Gasteiger partial charge in [0.05, 0.1) is 25.3 Å². The van der Waals surface area contributed by atoms with E-state index in [1.54, 1.807) is 13.2 Å². The topological polar surface area (TPSA) is 70.0 Å². The van der Waals surface area contributed by atoms with Crippen molar-refractivity contribution in [2.24, 2.45) is 0 Å². The molecule has 21 heavy (non-hydrogen) atoms. The number of carbonyl (C=O) groups is 1. The molecule has 0 aliphatic carbocycles. The number of methoxy groups -OCH3 is 1. The van der Waals surface area contributed by atoms with Gasteiger partial charge in [-0.1, -0.05) is 11.6 Å². The maximum Gasteiger partial charge on any atom is 0.265 e. The number of rotatable bonds is 6. The zero-order valence-electron chi connectivity index (χ0n) is 11.5. The third kappa shape index (κ3) is 3.29. The van der Waals surface area contributed by atoms with Crippen LogP contribution >= 0.6 is 22.9 Å². The summed E-state index contributed by atoms with van der Waals surface area (Å²) >= 11 is 7.60. The van der Waals surface area contributed by atoms with E-state index in [1.807, 2.05) is 12.1 Å². The normalized spacial score (nSPS) is 10.9. The number of fused-ring (bicyclic) bond motifs is 1. The Balaban J connectivity index is 2.40. The van der Waals surface area contributed by atoms with Crippen molar-refractivity contribution < 1.29 is 19.7 Å². The second-order valence-corrected chi connectivity index (χ2v) is 5.78. The van der Waals surface area contributed by atoms with E-state index in [4.69, 9.17) is 26.6 Å². The van der Waals surface area contributed by atoms with Crippen LogP contribution in [0, 0.1) is 0 Å². The lowest BCUT2D eigenvalue weighted by Crippen LogP contribution is -2.35. The maximum atomic E-state index is 12.5. The highest BCUT2D eigenvalue weighted by atomic mass is 35.5. The minimum atomic E-state index is -0.289. The van der Waals surface area contributed by atoms with Gasteiger partial charge in [-0.15, -0.1) is 11.3 Å². The van der Waals surface area contributed by atoms with Gasteiger partial charge >= 0.3 is 0 Å². The van der Waals surface area contributed by atoms with E-state index in [-0.39, 0.29) is 32.2 Å². The van der Waals surface area contributed by atoms with Crippen molar-refractivity contribution in [1.29, 1.82) is 0 Å². The number of aliphatic hydroxyl groups is 2. The quantitative estimate of drug-likeness (QED) is 0.850. The molecule has 0 saturated heterocycles. The predicted molar refractivity (Wildman–Crippen MR) is 83.5 cm³/mol. The van der Waals surface area contributed by atoms with E-state index >= 15 is 0 Å². The summed E-state index contributed by atoms with van der Waals surface area (Å²) in [6, 6.07) is 5.44. The Morgan fingerprint density at radius 3 is 2.57 bits per heavy atom. The molecule has 7 heteroatoms. The van der Waals surface area contributed by atoms with Gasteiger partial charge in [-0.25, -0.2) is 0 Å². The lowest BCUT2D eigenvalue weighted by molar-refractivity contribution is 0.0690. The smallest absolute Gasteiger partial charge is 0.265 e. The van der Waals surface area contributed by atoms with Crippen molar-refractivity contribution in [3.8, 4) is 5.75 Å². The number of halogens is 1. The molecule has 0 aliphatic heterocycles. The van der Waals surface area contributed by atoms with Crippen LogP contribution in [-0.4, -0.2) is 54.4 Å². The van der Waals surface area contributed by atoms with E-state index in [0.717, 1.165) is 10.1 Å². The molecule has 0 fully saturated rings. The monoisotopic (exact) mass is 329 g/mol. The first-order valence-electron chi connectivity index (χ1n) is 6.39. The summed E-state index contributed by atoms with van der Waals surface area (Å²) in [7, 11) is 1.57. The number of amides is 1. The van der Waals surface area contributed by atoms with Crippen LogP contribution in [0.4, 0.5) is 0 Å². The highest BCUT2D eigenvalue weighted by molar-refractivity contribution is 7.21. The Morgan fingerprint density at radius 1 is 1.33 bits per heavy atom. The van der Waals surface area contributed by atoms with E-state index < -0.39 is 0 Å². The number of thiophene rings is 1. The number of aliphatic hydroxyl groups excluding tert-OH is 2. The van der Waals surface area contributed by atoms with Crippen molar-refractivity contribution >= 4 is 38.9 Å². The molecule has 0 radical (unpaired) electrons. The van der Waals surface area contributed by atoms with E-state index in [0.29, 0.717) is 15.6 Å². The lowest BCUT2D eigenvalue weighted by Gasteiger charge is -2.19. The molecule has 1 aromatic heterocycles. The molecule has 0 spiro atoms. The molecule has 1 heterocycles. The predicted octanol–water partition coefficient (Wildman–Crippen LogP) is 1.99. The molecular weight excluding hydrogens is 314 g/mol. The summed E-state index contributed by atoms with van der Waals surface area (Å²) < 4.78 is 6.04. The largest absolute Gasteiger partial charge is 0.497 e. The van der Waals surface area contributed by atoms with Gasteiger partial charge in [0.15, 0.2) is 0 Å². The SMILES string of the molecule is COc1ccc2sc(C(=O)N(CCO)CCO)c(Cl)c2c1. The van der Waals surface area contributed by atoms with Gasteiger partial charge in [0, 0.05) is 23.2 Å². The number of hydrogen-bond acceptors (Lipinski definition) is 5. The lowest BCUT2D eigenvalue weighted by atomic mass is 10.2. The Hall–Kier alpha value is -1.34. The van der Waals surface area contributed by atoms with Crippen LogP contribution < -0.4 is 4.74 Å². The molecule has 0 bridgehead atoms. The van der Waals surface area contributed by atoms with Crippen molar-refractivity contribution in [2.45, 2.75) is 0 Å². The van der Waals surface area contributed by atoms with Crippen molar-refractivity contribution in [2.75, 3.05) is 33.4 Å². The molecule has 5 nitrogen and oxygen atoms in total. The molecule has 0 unspecified atom stereocenters. The average Bonchev–Trinajstić information content (AvgIpc) is 2.83. The summed E-state index contributed by atoms with van der Waals surface area (Å²) in [5.41, 5.74) is 0. The fourth-order valence-corrected chi connectivity index (χ4v) is 3.46. The van der Waals surface area contributed by atoms with Gasteiger partial charge in [0.2, 0.25) is 0 Å². The maximum absolute atomic E-state index is 12.5. The van der Waals surface area contributed by atoms with Gasteiger partial charge in [-0.3, -0.25) is 4.79 Å². The highest BCUT2D eigenvalue weighted by Gasteiger charge is 2.22. The molecule has 0 aliphatic rings. The first kappa shape index (κ1) is 16.0. The molecule has 114 valence electrons. The summed E-state index contributed by atoms with van der Waals surface area (Å²) in [4.78, 5) is 14.3. The summed E-state index contributed by atoms with van der Waals surface area (Å²) in [5, 5.41) is 19.2. The number of hydrogen-bond donors (Lipinski definition) is 2. The second-order valence-electron chi connectivity index (χ2n) is 4.35. The third-order valence-corrected chi connectivity index (χ3v) is 4.72. The van der Waals surface area contributed by atoms with Crippen LogP contribution in [0.2, 0.25) is 5.02 Å². The summed E-state index contributed by atoms with van der Waals surface area (Å²) in [6.45, 7) is -0.00920. The number of benzene rings is 1. The van der Waals surface area contributed by atoms with Crippen LogP contribution in [-0.2, 0) is 0 Å². The minimum absolute atomic E-state index is 0.160. The summed E-state index contributed by atoms with van der Waals surface area (Å²) in [5.74, 6) is 0.382. The molecule has 0 atom stereocenters. The zero-order chi connectivity index (χ0) is 15.4. The summed E-state index contributed by atoms with van der Waals surface area (Å²) in [6.07, 6.45) is 0. The molecule has 2 N–H and O–H groups in total. The first-order chi connectivity index (χ1) is 10.1. The Morgan fingerprint density at radius 2 is 2.00 bits per heavy atom. The molecule has 2 aromatic rings. The number of carbonyl (C=O) groups excluding carboxylic acids is 1. The van der Waals surface area contributed by atoms with Crippen LogP contribution in [0.25, 0.3) is 10.1 Å². The Bertz CT molecular complexity index is 637. The Kier molecular flexibility index (Phi) is 5.41. The van der Waals surface area contributed by atoms with Crippen molar-refractivity contribution in [3.05, 3.63) is 28.1 Å². The molecule has 0 saturated carbocycles. The fourth-order valence-electron chi connectivity index (χ4n) is 2.01. The van der Waals surface area contributed by atoms with E-state index in [9.17, 15) is 4.79 Å². The van der Waals surface area contributed by atoms with E-state index in [2.05, 4.69) is 0 Å². The van der Waals surface area contributed by atoms with Crippen LogP contribution in [0.3, 0.4) is 0 Å². The van der Waals surface area contributed by atoms with Crippen LogP contribution in [0.15, 0.2) is 18.2 Å². The van der Waals surface area contributed by atoms with E-state index in [1.165, 1.54) is 16.2 Å². The van der Waals surface area contributed by atoms with Crippen LogP contribution in [0.5, 0.6) is 5.75 Å². The Labute approximate surface area is 131 Å². The molecule has 1 amide bonds. The minimum Gasteiger partial charge on any atom is -0.497 e. The highest BCUT2D eigenvalue weighted by Crippen LogP contribution is 2.37. The van der Waals surface area contributed by atoms with Gasteiger partial charge < -0.3 is 19.8 Å². The number of nitrogens with zero attached hydrogens (tertiary/aromatic N) is 1. The van der Waals surface area contributed by atoms with Crippen molar-refractivity contribution in [1.82, 2.24) is 4.90 Å². The fraction of sp³-hybridized carbons (Fsp3) is 0.357. The first-order valence-corrected chi connectivity index (χ1v) is 7.58. The van der Waals surface area contributed by atoms with Gasteiger partial charge in [0.1, 0.15) is 10.6 Å². The second kappa shape index (κ2) is 7.09. The third-order valence-electron chi connectivity index (χ3n) is 3.06. The molecule has 1 aromatic carbocycles. The number of ether oxygens (including phenoxy) is 1. The van der Waals surface area contributed by atoms with Crippen LogP contribution in [0.1, 0.15) is 9.67 Å². The molecular formula is C14H16ClNO4S. The van der Waals surface area contributed by atoms with Gasteiger partial charge in [-0.2, -0.15) is 0 Å². The molecule has 2 rings (SSSR count). The zero-order valence-corrected chi connectivity index (χ0v) is 13.1. The van der Waals surface area contributed by atoms with Gasteiger partial charge in [0.25, 0.3) is 5.91 Å².